The molecule has 2 aliphatic heterocycles. The molecule has 0 amide bonds. The minimum atomic E-state index is -0.344. The highest BCUT2D eigenvalue weighted by Crippen LogP contribution is 2.39. The topological polar surface area (TPSA) is 38.7 Å². The van der Waals surface area contributed by atoms with E-state index in [0.29, 0.717) is 14.3 Å². The highest BCUT2D eigenvalue weighted by molar-refractivity contribution is 7.45. The van der Waals surface area contributed by atoms with E-state index in [2.05, 4.69) is 0 Å². The predicted molar refractivity (Wildman–Crippen MR) is 83.7 cm³/mol. The van der Waals surface area contributed by atoms with Gasteiger partial charge in [-0.3, -0.25) is 0 Å². The van der Waals surface area contributed by atoms with Gasteiger partial charge in [0.2, 0.25) is 0 Å². The van der Waals surface area contributed by atoms with Gasteiger partial charge in [-0.1, -0.05) is 34.3 Å². The molecule has 0 radical (unpaired) electrons. The summed E-state index contributed by atoms with van der Waals surface area (Å²) in [4.78, 5) is 0. The number of aliphatic hydroxyl groups is 1. The van der Waals surface area contributed by atoms with E-state index in [-0.39, 0.29) is 18.3 Å². The molecule has 1 atom stereocenters. The quantitative estimate of drug-likeness (QED) is 0.579. The second kappa shape index (κ2) is 6.26. The third-order valence-corrected chi connectivity index (χ3v) is 4.42. The summed E-state index contributed by atoms with van der Waals surface area (Å²) >= 11 is 0. The van der Waals surface area contributed by atoms with Crippen LogP contribution < -0.4 is 0 Å². The Morgan fingerprint density at radius 2 is 1.53 bits per heavy atom. The molecule has 2 aliphatic rings. The summed E-state index contributed by atoms with van der Waals surface area (Å²) in [5.74, 6) is 4.13. The number of hydrogen-bond acceptors (Lipinski definition) is 3. The molecular formula is C14H24BO3P. The van der Waals surface area contributed by atoms with Crippen LogP contribution >= 0.6 is 8.58 Å². The summed E-state index contributed by atoms with van der Waals surface area (Å²) in [5, 5.41) is 9.42. The predicted octanol–water partition coefficient (Wildman–Crippen LogP) is 4.18. The molecule has 0 aromatic heterocycles. The lowest BCUT2D eigenvalue weighted by atomic mass is 9.79. The molecule has 1 saturated heterocycles. The lowest BCUT2D eigenvalue weighted by molar-refractivity contribution is 0.00578. The van der Waals surface area contributed by atoms with Crippen LogP contribution in [0.1, 0.15) is 41.5 Å². The molecule has 106 valence electrons. The molecule has 0 bridgehead atoms. The van der Waals surface area contributed by atoms with Crippen LogP contribution in [0.4, 0.5) is 0 Å². The maximum absolute atomic E-state index is 9.42. The van der Waals surface area contributed by atoms with Crippen LogP contribution in [-0.4, -0.2) is 23.4 Å². The third-order valence-electron chi connectivity index (χ3n) is 3.45. The van der Waals surface area contributed by atoms with E-state index in [1.54, 1.807) is 11.9 Å². The first kappa shape index (κ1) is 16.5. The maximum atomic E-state index is 9.42. The van der Waals surface area contributed by atoms with Gasteiger partial charge in [0.05, 0.1) is 11.2 Å². The zero-order chi connectivity index (χ0) is 14.7. The standard InChI is InChI=1S/C12H18BO3P.C2H6/c1-11(2)12(3,4)16-13(15-11)9-5-6-10(14)8-17-7-9;1-2/h5-8,14,17H,1-4H3;1-2H3. The van der Waals surface area contributed by atoms with Gasteiger partial charge in [-0.25, -0.2) is 0 Å². The first-order valence-corrected chi connectivity index (χ1v) is 7.86. The van der Waals surface area contributed by atoms with Crippen LogP contribution in [0, 0.1) is 0 Å². The molecule has 5 heteroatoms. The van der Waals surface area contributed by atoms with E-state index in [1.165, 1.54) is 0 Å². The van der Waals surface area contributed by atoms with Gasteiger partial charge < -0.3 is 14.4 Å². The van der Waals surface area contributed by atoms with Crippen molar-refractivity contribution in [3.05, 3.63) is 35.0 Å². The van der Waals surface area contributed by atoms with Gasteiger partial charge in [-0.2, -0.15) is 0 Å². The summed E-state index contributed by atoms with van der Waals surface area (Å²) in [5.41, 5.74) is 0.330. The van der Waals surface area contributed by atoms with Crippen molar-refractivity contribution in [3.63, 3.8) is 0 Å². The summed E-state index contributed by atoms with van der Waals surface area (Å²) in [7, 11) is 0.105. The molecule has 2 heterocycles. The van der Waals surface area contributed by atoms with Crippen molar-refractivity contribution in [2.45, 2.75) is 52.7 Å². The molecule has 0 aromatic rings. The monoisotopic (exact) mass is 282 g/mol. The average Bonchev–Trinajstić information content (AvgIpc) is 2.49. The molecule has 0 aromatic carbocycles. The Kier molecular flexibility index (Phi) is 5.43. The fourth-order valence-corrected chi connectivity index (χ4v) is 2.40. The number of aliphatic hydroxyl groups excluding tert-OH is 1. The molecule has 19 heavy (non-hydrogen) atoms. The highest BCUT2D eigenvalue weighted by Gasteiger charge is 2.51. The van der Waals surface area contributed by atoms with Crippen molar-refractivity contribution in [2.24, 2.45) is 0 Å². The Morgan fingerprint density at radius 3 is 2.05 bits per heavy atom. The van der Waals surface area contributed by atoms with Crippen molar-refractivity contribution in [2.75, 3.05) is 0 Å². The van der Waals surface area contributed by atoms with Crippen LogP contribution in [0.2, 0.25) is 0 Å². The Hall–Kier alpha value is -0.565. The molecule has 0 saturated carbocycles. The highest BCUT2D eigenvalue weighted by atomic mass is 31.1. The molecule has 1 unspecified atom stereocenters. The Balaban J connectivity index is 0.000000861. The zero-order valence-corrected chi connectivity index (χ0v) is 13.7. The minimum Gasteiger partial charge on any atom is -0.508 e. The van der Waals surface area contributed by atoms with Crippen molar-refractivity contribution in [1.82, 2.24) is 0 Å². The van der Waals surface area contributed by atoms with Crippen LogP contribution in [0.15, 0.2) is 35.0 Å². The van der Waals surface area contributed by atoms with Crippen LogP contribution in [-0.2, 0) is 9.31 Å². The Labute approximate surface area is 118 Å². The van der Waals surface area contributed by atoms with Crippen LogP contribution in [0.3, 0.4) is 0 Å². The van der Waals surface area contributed by atoms with Gasteiger partial charge in [-0.05, 0) is 45.1 Å². The van der Waals surface area contributed by atoms with Gasteiger partial charge in [-0.15, -0.1) is 0 Å². The normalized spacial score (nSPS) is 25.3. The van der Waals surface area contributed by atoms with Crippen LogP contribution in [0.25, 0.3) is 0 Å². The lowest BCUT2D eigenvalue weighted by Gasteiger charge is -2.32. The van der Waals surface area contributed by atoms with Crippen LogP contribution in [0.5, 0.6) is 0 Å². The van der Waals surface area contributed by atoms with Crippen molar-refractivity contribution >= 4 is 15.7 Å². The van der Waals surface area contributed by atoms with Gasteiger partial charge in [0, 0.05) is 0 Å². The molecule has 1 fully saturated rings. The number of allylic oxidation sites excluding steroid dienone is 3. The molecule has 0 aliphatic carbocycles. The van der Waals surface area contributed by atoms with Crippen molar-refractivity contribution in [1.29, 1.82) is 0 Å². The van der Waals surface area contributed by atoms with Gasteiger partial charge >= 0.3 is 7.12 Å². The van der Waals surface area contributed by atoms with E-state index in [1.807, 2.05) is 53.4 Å². The van der Waals surface area contributed by atoms with Gasteiger partial charge in [0.25, 0.3) is 0 Å². The second-order valence-corrected chi connectivity index (χ2v) is 6.21. The van der Waals surface area contributed by atoms with Crippen molar-refractivity contribution in [3.8, 4) is 0 Å². The largest absolute Gasteiger partial charge is 0.508 e. The number of hydrogen-bond donors (Lipinski definition) is 1. The zero-order valence-electron chi connectivity index (χ0n) is 12.7. The van der Waals surface area contributed by atoms with Gasteiger partial charge in [0.15, 0.2) is 0 Å². The smallest absolute Gasteiger partial charge is 0.494 e. The van der Waals surface area contributed by atoms with E-state index in [0.717, 1.165) is 5.47 Å². The van der Waals surface area contributed by atoms with Crippen molar-refractivity contribution < 1.29 is 14.4 Å². The average molecular weight is 282 g/mol. The summed E-state index contributed by atoms with van der Waals surface area (Å²) in [6, 6.07) is 0. The second-order valence-electron chi connectivity index (χ2n) is 5.30. The lowest BCUT2D eigenvalue weighted by Crippen LogP contribution is -2.41. The first-order valence-electron chi connectivity index (χ1n) is 6.71. The molecular weight excluding hydrogens is 258 g/mol. The fraction of sp³-hybridized carbons (Fsp3) is 0.571. The summed E-state index contributed by atoms with van der Waals surface area (Å²) in [6.07, 6.45) is 3.53. The van der Waals surface area contributed by atoms with E-state index >= 15 is 0 Å². The molecule has 3 nitrogen and oxygen atoms in total. The van der Waals surface area contributed by atoms with Gasteiger partial charge in [0.1, 0.15) is 5.76 Å². The molecule has 2 rings (SSSR count). The first-order chi connectivity index (χ1) is 8.82. The number of rotatable bonds is 1. The Bertz CT molecular complexity index is 395. The Morgan fingerprint density at radius 1 is 1.00 bits per heavy atom. The van der Waals surface area contributed by atoms with E-state index < -0.39 is 0 Å². The van der Waals surface area contributed by atoms with E-state index in [4.69, 9.17) is 9.31 Å². The fourth-order valence-electron chi connectivity index (χ4n) is 1.63. The maximum Gasteiger partial charge on any atom is 0.494 e. The minimum absolute atomic E-state index is 0.297. The van der Waals surface area contributed by atoms with E-state index in [9.17, 15) is 5.11 Å². The summed E-state index contributed by atoms with van der Waals surface area (Å²) in [6.45, 7) is 12.1. The molecule has 1 N–H and O–H groups in total. The summed E-state index contributed by atoms with van der Waals surface area (Å²) < 4.78 is 11.9. The SMILES string of the molecule is CC.CC1(C)OB(C2=CPC=C(O)C=C2)OC1(C)C. The molecule has 0 spiro atoms. The third kappa shape index (κ3) is 3.72.